The number of hydrogen-bond donors (Lipinski definition) is 2. The molecule has 0 radical (unpaired) electrons. The van der Waals surface area contributed by atoms with Crippen LogP contribution in [0.25, 0.3) is 33.2 Å². The Labute approximate surface area is 282 Å². The van der Waals surface area contributed by atoms with E-state index in [1.165, 1.54) is 6.33 Å². The van der Waals surface area contributed by atoms with Crippen LogP contribution >= 0.6 is 0 Å². The lowest BCUT2D eigenvalue weighted by Gasteiger charge is -2.25. The molecule has 0 spiro atoms. The van der Waals surface area contributed by atoms with Gasteiger partial charge in [-0.3, -0.25) is 9.36 Å². The molecule has 3 N–H and O–H groups in total. The number of ether oxygens (including phenoxy) is 1. The maximum absolute atomic E-state index is 14.9. The van der Waals surface area contributed by atoms with Crippen molar-refractivity contribution in [2.24, 2.45) is 5.92 Å². The molecule has 0 atom stereocenters. The molecule has 10 heteroatoms. The van der Waals surface area contributed by atoms with Gasteiger partial charge < -0.3 is 15.6 Å². The zero-order valence-electron chi connectivity index (χ0n) is 27.6. The third-order valence-electron chi connectivity index (χ3n) is 10.1. The summed E-state index contributed by atoms with van der Waals surface area (Å²) >= 11 is 0. The summed E-state index contributed by atoms with van der Waals surface area (Å²) in [6.45, 7) is 6.22. The summed E-state index contributed by atoms with van der Waals surface area (Å²) in [5.41, 5.74) is 11.6. The van der Waals surface area contributed by atoms with E-state index < -0.39 is 11.1 Å². The Morgan fingerprint density at radius 1 is 1.04 bits per heavy atom. The number of benzene rings is 3. The average molecular weight is 650 g/mol. The Hall–Kier alpha value is -5.69. The summed E-state index contributed by atoms with van der Waals surface area (Å²) in [5.74, 6) is 8.43. The molecular formula is C39H35N7O3. The third-order valence-corrected chi connectivity index (χ3v) is 10.1. The summed E-state index contributed by atoms with van der Waals surface area (Å²) in [6, 6.07) is 17.4. The lowest BCUT2D eigenvalue weighted by Crippen LogP contribution is -2.36. The van der Waals surface area contributed by atoms with Gasteiger partial charge in [0.1, 0.15) is 35.8 Å². The number of aromatic nitrogens is 6. The Morgan fingerprint density at radius 3 is 2.63 bits per heavy atom. The summed E-state index contributed by atoms with van der Waals surface area (Å²) < 4.78 is 9.79. The Kier molecular flexibility index (Phi) is 6.25. The number of aromatic hydroxyl groups is 1. The van der Waals surface area contributed by atoms with Crippen LogP contribution in [0.4, 0.5) is 5.82 Å². The average Bonchev–Trinajstić information content (AvgIpc) is 4.00. The monoisotopic (exact) mass is 649 g/mol. The molecule has 0 bridgehead atoms. The van der Waals surface area contributed by atoms with Crippen LogP contribution in [0.15, 0.2) is 65.7 Å². The van der Waals surface area contributed by atoms with Crippen LogP contribution in [-0.2, 0) is 18.5 Å². The fraction of sp³-hybridized carbons (Fsp3) is 0.308. The molecule has 3 aliphatic rings. The van der Waals surface area contributed by atoms with Gasteiger partial charge in [0.05, 0.1) is 21.8 Å². The predicted octanol–water partition coefficient (Wildman–Crippen LogP) is 5.86. The lowest BCUT2D eigenvalue weighted by atomic mass is 9.95. The number of phenols is 1. The van der Waals surface area contributed by atoms with Crippen molar-refractivity contribution in [3.63, 3.8) is 0 Å². The zero-order chi connectivity index (χ0) is 33.7. The van der Waals surface area contributed by atoms with Crippen LogP contribution in [0.1, 0.15) is 67.6 Å². The minimum absolute atomic E-state index is 0.0776. The minimum Gasteiger partial charge on any atom is -0.504 e. The second-order valence-corrected chi connectivity index (χ2v) is 14.2. The first-order chi connectivity index (χ1) is 23.6. The number of rotatable bonds is 5. The molecule has 2 saturated carbocycles. The summed E-state index contributed by atoms with van der Waals surface area (Å²) in [6.07, 6.45) is 5.82. The summed E-state index contributed by atoms with van der Waals surface area (Å²) in [5, 5.41) is 16.9. The third kappa shape index (κ3) is 4.67. The Morgan fingerprint density at radius 2 is 1.86 bits per heavy atom. The van der Waals surface area contributed by atoms with E-state index in [1.807, 2.05) is 54.8 Å². The van der Waals surface area contributed by atoms with E-state index >= 15 is 0 Å². The van der Waals surface area contributed by atoms with Crippen molar-refractivity contribution < 1.29 is 9.84 Å². The number of hydrogen-bond acceptors (Lipinski definition) is 8. The maximum Gasteiger partial charge on any atom is 0.263 e. The van der Waals surface area contributed by atoms with Crippen LogP contribution in [0.3, 0.4) is 0 Å². The van der Waals surface area contributed by atoms with Crippen molar-refractivity contribution in [2.75, 3.05) is 5.73 Å². The first-order valence-corrected chi connectivity index (χ1v) is 16.8. The molecule has 2 fully saturated rings. The molecule has 0 unspecified atom stereocenters. The highest BCUT2D eigenvalue weighted by atomic mass is 16.5. The van der Waals surface area contributed by atoms with Gasteiger partial charge >= 0.3 is 0 Å². The standard InChI is InChI=1S/C39H35N7O3/c1-22-7-4-5-9-27(22)39(17-18-39)46-30(43-28-10-6-8-24(31(28)37(46)48)14-13-23-11-12-23)20-45-36-32(35(40)41-21-42-36)33(44-45)25-15-16-29(47)34-26(25)19-38(2,3)49-34/h4-10,15-16,21,23,47H,11-12,17-20H2,1-3H3,(H2,40,41,42). The first-order valence-electron chi connectivity index (χ1n) is 16.8. The van der Waals surface area contributed by atoms with Crippen molar-refractivity contribution in [1.82, 2.24) is 29.3 Å². The van der Waals surface area contributed by atoms with Gasteiger partial charge in [0.15, 0.2) is 17.1 Å². The van der Waals surface area contributed by atoms with Gasteiger partial charge in [-0.25, -0.2) is 19.6 Å². The van der Waals surface area contributed by atoms with Crippen LogP contribution in [-0.4, -0.2) is 40.0 Å². The smallest absolute Gasteiger partial charge is 0.263 e. The number of phenolic OH excluding ortho intramolecular Hbond substituents is 1. The molecule has 6 aromatic rings. The zero-order valence-corrected chi connectivity index (χ0v) is 27.6. The number of aryl methyl sites for hydroxylation is 1. The molecule has 4 heterocycles. The SMILES string of the molecule is Cc1ccccc1C1(n2c(Cn3nc(-c4ccc(O)c5c4CC(C)(C)O5)c4c(N)ncnc43)nc3cccc(C#CC4CC4)c3c2=O)CC1. The van der Waals surface area contributed by atoms with Crippen molar-refractivity contribution >= 4 is 27.8 Å². The number of anilines is 1. The molecule has 244 valence electrons. The van der Waals surface area contributed by atoms with Gasteiger partial charge in [0.25, 0.3) is 5.56 Å². The van der Waals surface area contributed by atoms with Crippen molar-refractivity contribution in [3.8, 4) is 34.6 Å². The van der Waals surface area contributed by atoms with E-state index in [2.05, 4.69) is 40.9 Å². The van der Waals surface area contributed by atoms with Gasteiger partial charge in [-0.05, 0) is 81.8 Å². The number of fused-ring (bicyclic) bond motifs is 3. The minimum atomic E-state index is -0.545. The van der Waals surface area contributed by atoms with Crippen molar-refractivity contribution in [3.05, 3.63) is 99.4 Å². The molecule has 1 aliphatic heterocycles. The van der Waals surface area contributed by atoms with Crippen molar-refractivity contribution in [2.45, 2.75) is 70.6 Å². The molecule has 2 aliphatic carbocycles. The Balaban J connectivity index is 1.27. The van der Waals surface area contributed by atoms with Crippen LogP contribution in [0, 0.1) is 24.7 Å². The van der Waals surface area contributed by atoms with Crippen LogP contribution < -0.4 is 16.0 Å². The highest BCUT2D eigenvalue weighted by molar-refractivity contribution is 5.99. The fourth-order valence-electron chi connectivity index (χ4n) is 7.49. The van der Waals surface area contributed by atoms with Gasteiger partial charge in [-0.1, -0.05) is 42.2 Å². The lowest BCUT2D eigenvalue weighted by molar-refractivity contribution is 0.134. The van der Waals surface area contributed by atoms with E-state index in [1.54, 1.807) is 10.7 Å². The molecule has 49 heavy (non-hydrogen) atoms. The van der Waals surface area contributed by atoms with Gasteiger partial charge in [0.2, 0.25) is 0 Å². The van der Waals surface area contributed by atoms with Gasteiger partial charge in [-0.15, -0.1) is 0 Å². The number of nitrogen functional groups attached to an aromatic ring is 1. The quantitative estimate of drug-likeness (QED) is 0.222. The molecule has 3 aromatic heterocycles. The Bertz CT molecular complexity index is 2490. The topological polar surface area (TPSA) is 134 Å². The molecule has 0 saturated heterocycles. The summed E-state index contributed by atoms with van der Waals surface area (Å²) in [4.78, 5) is 29.1. The number of nitrogens with zero attached hydrogens (tertiary/aromatic N) is 6. The van der Waals surface area contributed by atoms with E-state index in [4.69, 9.17) is 20.6 Å². The van der Waals surface area contributed by atoms with Crippen LogP contribution in [0.5, 0.6) is 11.5 Å². The first kappa shape index (κ1) is 29.4. The van der Waals surface area contributed by atoms with E-state index in [0.717, 1.165) is 47.9 Å². The molecule has 10 nitrogen and oxygen atoms in total. The largest absolute Gasteiger partial charge is 0.504 e. The highest BCUT2D eigenvalue weighted by Crippen LogP contribution is 2.51. The molecule has 3 aromatic carbocycles. The second-order valence-electron chi connectivity index (χ2n) is 14.2. The molecular weight excluding hydrogens is 614 g/mol. The van der Waals surface area contributed by atoms with Crippen molar-refractivity contribution in [1.29, 1.82) is 0 Å². The maximum atomic E-state index is 14.9. The predicted molar refractivity (Wildman–Crippen MR) is 187 cm³/mol. The second kappa shape index (κ2) is 10.4. The molecule has 0 amide bonds. The summed E-state index contributed by atoms with van der Waals surface area (Å²) in [7, 11) is 0. The van der Waals surface area contributed by atoms with E-state index in [-0.39, 0.29) is 23.7 Å². The fourth-order valence-corrected chi connectivity index (χ4v) is 7.49. The van der Waals surface area contributed by atoms with E-state index in [9.17, 15) is 9.90 Å². The van der Waals surface area contributed by atoms with E-state index in [0.29, 0.717) is 57.1 Å². The number of nitrogens with two attached hydrogens (primary N) is 1. The van der Waals surface area contributed by atoms with Gasteiger partial charge in [-0.2, -0.15) is 5.10 Å². The molecule has 9 rings (SSSR count). The highest BCUT2D eigenvalue weighted by Gasteiger charge is 2.49. The normalized spacial score (nSPS) is 17.0. The van der Waals surface area contributed by atoms with Gasteiger partial charge in [0, 0.05) is 29.0 Å². The van der Waals surface area contributed by atoms with Crippen LogP contribution in [0.2, 0.25) is 0 Å².